The van der Waals surface area contributed by atoms with E-state index in [-0.39, 0.29) is 32.1 Å². The number of hydrogen-bond acceptors (Lipinski definition) is 5. The van der Waals surface area contributed by atoms with E-state index in [2.05, 4.69) is 20.7 Å². The largest absolute Gasteiger partial charge is 0.386 e. The van der Waals surface area contributed by atoms with Crippen LogP contribution in [0.3, 0.4) is 0 Å². The molecule has 0 aliphatic carbocycles. The summed E-state index contributed by atoms with van der Waals surface area (Å²) in [7, 11) is 0. The van der Waals surface area contributed by atoms with Crippen molar-refractivity contribution in [2.45, 2.75) is 0 Å². The number of cyclic esters (lactones) is 2. The first-order valence-electron chi connectivity index (χ1n) is 5.17. The van der Waals surface area contributed by atoms with E-state index in [0.717, 1.165) is 0 Å². The molecule has 1 heterocycles. The molecule has 6 nitrogen and oxygen atoms in total. The first-order valence-corrected chi connectivity index (χ1v) is 5.96. The van der Waals surface area contributed by atoms with E-state index in [1.165, 1.54) is 24.3 Å². The summed E-state index contributed by atoms with van der Waals surface area (Å²) in [5.41, 5.74) is 0.119. The van der Waals surface area contributed by atoms with E-state index >= 15 is 0 Å². The van der Waals surface area contributed by atoms with Crippen LogP contribution < -0.4 is 0 Å². The average Bonchev–Trinajstić information content (AvgIpc) is 2.34. The van der Waals surface area contributed by atoms with E-state index in [1.54, 1.807) is 0 Å². The zero-order chi connectivity index (χ0) is 13.7. The van der Waals surface area contributed by atoms with Crippen molar-refractivity contribution in [3.63, 3.8) is 0 Å². The molecule has 0 amide bonds. The van der Waals surface area contributed by atoms with Gasteiger partial charge < -0.3 is 4.74 Å². The van der Waals surface area contributed by atoms with Crippen LogP contribution in [0.2, 0.25) is 0 Å². The molecule has 1 aliphatic rings. The maximum Gasteiger partial charge on any atom is 0.346 e. The molecule has 0 saturated carbocycles. The van der Waals surface area contributed by atoms with Crippen molar-refractivity contribution in [1.29, 1.82) is 0 Å². The summed E-state index contributed by atoms with van der Waals surface area (Å²) in [5, 5.41) is 11.6. The van der Waals surface area contributed by atoms with Crippen LogP contribution in [0.4, 0.5) is 5.69 Å². The molecule has 3 rings (SSSR count). The first-order chi connectivity index (χ1) is 9.00. The van der Waals surface area contributed by atoms with Gasteiger partial charge in [0.1, 0.15) is 0 Å². The minimum Gasteiger partial charge on any atom is -0.386 e. The van der Waals surface area contributed by atoms with Crippen molar-refractivity contribution in [3.05, 3.63) is 50.0 Å². The Bertz CT molecular complexity index is 783. The van der Waals surface area contributed by atoms with Gasteiger partial charge in [-0.2, -0.15) is 0 Å². The summed E-state index contributed by atoms with van der Waals surface area (Å²) in [6, 6.07) is 5.78. The molecule has 0 spiro atoms. The van der Waals surface area contributed by atoms with Crippen molar-refractivity contribution in [1.82, 2.24) is 0 Å². The van der Waals surface area contributed by atoms with Gasteiger partial charge in [0.15, 0.2) is 0 Å². The van der Waals surface area contributed by atoms with E-state index in [1.807, 2.05) is 0 Å². The number of esters is 2. The minimum atomic E-state index is -0.802. The standard InChI is InChI=1S/C12H4BrNO5/c13-8-4-7-9-5(10(8)14(17)18)2-1-3-6(9)11(15)19-12(7)16/h1-4H. The third-order valence-corrected chi connectivity index (χ3v) is 3.50. The molecule has 2 aromatic carbocycles. The number of benzene rings is 2. The summed E-state index contributed by atoms with van der Waals surface area (Å²) in [4.78, 5) is 33.8. The van der Waals surface area contributed by atoms with Gasteiger partial charge in [0.2, 0.25) is 0 Å². The number of carbonyl (C=O) groups excluding carboxylic acids is 2. The van der Waals surface area contributed by atoms with E-state index in [9.17, 15) is 19.7 Å². The van der Waals surface area contributed by atoms with Gasteiger partial charge in [-0.15, -0.1) is 0 Å². The van der Waals surface area contributed by atoms with Crippen molar-refractivity contribution in [2.75, 3.05) is 0 Å². The summed E-state index contributed by atoms with van der Waals surface area (Å²) < 4.78 is 4.76. The SMILES string of the molecule is O=C1OC(=O)c2cc(Br)c([N+](=O)[O-])c3cccc1c23. The molecule has 0 bridgehead atoms. The quantitative estimate of drug-likeness (QED) is 0.349. The second kappa shape index (κ2) is 3.86. The maximum absolute atomic E-state index is 11.7. The van der Waals surface area contributed by atoms with Crippen LogP contribution in [0.15, 0.2) is 28.7 Å². The fourth-order valence-corrected chi connectivity index (χ4v) is 2.73. The molecule has 1 aliphatic heterocycles. The van der Waals surface area contributed by atoms with Crippen molar-refractivity contribution in [3.8, 4) is 0 Å². The predicted molar refractivity (Wildman–Crippen MR) is 68.0 cm³/mol. The molecule has 7 heteroatoms. The van der Waals surface area contributed by atoms with Crippen molar-refractivity contribution >= 4 is 44.3 Å². The van der Waals surface area contributed by atoms with Crippen LogP contribution in [0, 0.1) is 10.1 Å². The highest BCUT2D eigenvalue weighted by molar-refractivity contribution is 9.10. The van der Waals surface area contributed by atoms with Gasteiger partial charge in [0.05, 0.1) is 25.9 Å². The van der Waals surface area contributed by atoms with Crippen LogP contribution in [0.1, 0.15) is 20.7 Å². The molecule has 0 radical (unpaired) electrons. The minimum absolute atomic E-state index is 0.141. The molecule has 2 aromatic rings. The number of nitrogens with zero attached hydrogens (tertiary/aromatic N) is 1. The highest BCUT2D eigenvalue weighted by Gasteiger charge is 2.31. The highest BCUT2D eigenvalue weighted by Crippen LogP contribution is 2.39. The zero-order valence-corrected chi connectivity index (χ0v) is 10.8. The van der Waals surface area contributed by atoms with Crippen LogP contribution >= 0.6 is 15.9 Å². The lowest BCUT2D eigenvalue weighted by atomic mass is 9.96. The Kier molecular flexibility index (Phi) is 2.39. The van der Waals surface area contributed by atoms with Crippen molar-refractivity contribution in [2.24, 2.45) is 0 Å². The first kappa shape index (κ1) is 11.8. The van der Waals surface area contributed by atoms with Gasteiger partial charge >= 0.3 is 11.9 Å². The second-order valence-electron chi connectivity index (χ2n) is 3.92. The number of nitro groups is 1. The van der Waals surface area contributed by atoms with Crippen molar-refractivity contribution < 1.29 is 19.2 Å². The topological polar surface area (TPSA) is 86.5 Å². The van der Waals surface area contributed by atoms with Crippen LogP contribution in [0.5, 0.6) is 0 Å². The molecular formula is C12H4BrNO5. The Morgan fingerprint density at radius 2 is 1.84 bits per heavy atom. The molecular weight excluding hydrogens is 318 g/mol. The van der Waals surface area contributed by atoms with Gasteiger partial charge in [0, 0.05) is 5.39 Å². The molecule has 94 valence electrons. The molecule has 0 unspecified atom stereocenters. The van der Waals surface area contributed by atoms with Gasteiger partial charge in [-0.1, -0.05) is 6.07 Å². The Balaban J connectivity index is 2.58. The second-order valence-corrected chi connectivity index (χ2v) is 4.77. The molecule has 0 atom stereocenters. The van der Waals surface area contributed by atoms with Gasteiger partial charge in [0.25, 0.3) is 5.69 Å². The van der Waals surface area contributed by atoms with Gasteiger partial charge in [-0.25, -0.2) is 9.59 Å². The number of ether oxygens (including phenoxy) is 1. The maximum atomic E-state index is 11.7. The molecule has 19 heavy (non-hydrogen) atoms. The molecule has 0 N–H and O–H groups in total. The van der Waals surface area contributed by atoms with E-state index in [4.69, 9.17) is 0 Å². The fraction of sp³-hybridized carbons (Fsp3) is 0. The van der Waals surface area contributed by atoms with Crippen LogP contribution in [-0.4, -0.2) is 16.9 Å². The lowest BCUT2D eigenvalue weighted by Gasteiger charge is -2.15. The number of halogens is 1. The number of rotatable bonds is 1. The number of nitro benzene ring substituents is 1. The van der Waals surface area contributed by atoms with E-state index in [0.29, 0.717) is 0 Å². The normalized spacial score (nSPS) is 13.5. The Morgan fingerprint density at radius 1 is 1.16 bits per heavy atom. The Hall–Kier alpha value is -2.28. The third-order valence-electron chi connectivity index (χ3n) is 2.89. The highest BCUT2D eigenvalue weighted by atomic mass is 79.9. The summed E-state index contributed by atoms with van der Waals surface area (Å²) in [5.74, 6) is -1.59. The Labute approximate surface area is 114 Å². The lowest BCUT2D eigenvalue weighted by Crippen LogP contribution is -2.19. The lowest BCUT2D eigenvalue weighted by molar-refractivity contribution is -0.383. The van der Waals surface area contributed by atoms with Gasteiger partial charge in [-0.05, 0) is 34.1 Å². The summed E-state index contributed by atoms with van der Waals surface area (Å²) in [6.07, 6.45) is 0. The Morgan fingerprint density at radius 3 is 2.53 bits per heavy atom. The monoisotopic (exact) mass is 321 g/mol. The fourth-order valence-electron chi connectivity index (χ4n) is 2.15. The molecule has 0 fully saturated rings. The third kappa shape index (κ3) is 1.55. The average molecular weight is 322 g/mol. The van der Waals surface area contributed by atoms with Crippen LogP contribution in [-0.2, 0) is 4.74 Å². The van der Waals surface area contributed by atoms with Crippen LogP contribution in [0.25, 0.3) is 10.8 Å². The zero-order valence-electron chi connectivity index (χ0n) is 9.18. The molecule has 0 aromatic heterocycles. The molecule has 0 saturated heterocycles. The predicted octanol–water partition coefficient (Wildman–Crippen LogP) is 2.82. The number of hydrogen-bond donors (Lipinski definition) is 0. The van der Waals surface area contributed by atoms with E-state index < -0.39 is 16.9 Å². The smallest absolute Gasteiger partial charge is 0.346 e. The summed E-state index contributed by atoms with van der Waals surface area (Å²) >= 11 is 3.07. The summed E-state index contributed by atoms with van der Waals surface area (Å²) in [6.45, 7) is 0. The van der Waals surface area contributed by atoms with Gasteiger partial charge in [-0.3, -0.25) is 10.1 Å². The number of carbonyl (C=O) groups is 2.